The van der Waals surface area contributed by atoms with Crippen molar-refractivity contribution in [2.24, 2.45) is 0 Å². The number of rotatable bonds is 9. The van der Waals surface area contributed by atoms with Crippen LogP contribution in [-0.4, -0.2) is 51.8 Å². The molecule has 9 heteroatoms. The second-order valence-corrected chi connectivity index (χ2v) is 8.77. The molecule has 0 spiro atoms. The number of ether oxygens (including phenoxy) is 1. The summed E-state index contributed by atoms with van der Waals surface area (Å²) in [5.74, 6) is 1.27. The van der Waals surface area contributed by atoms with Crippen molar-refractivity contribution in [1.29, 1.82) is 0 Å². The van der Waals surface area contributed by atoms with Gasteiger partial charge in [-0.1, -0.05) is 29.8 Å². The van der Waals surface area contributed by atoms with Crippen molar-refractivity contribution in [3.8, 4) is 17.1 Å². The predicted octanol–water partition coefficient (Wildman–Crippen LogP) is 4.61. The van der Waals surface area contributed by atoms with Gasteiger partial charge in [-0.3, -0.25) is 19.4 Å². The minimum absolute atomic E-state index is 0.0352. The van der Waals surface area contributed by atoms with Crippen molar-refractivity contribution in [3.05, 3.63) is 63.9 Å². The number of amides is 1. The lowest BCUT2D eigenvalue weighted by molar-refractivity contribution is -0.121. The van der Waals surface area contributed by atoms with E-state index in [1.165, 1.54) is 0 Å². The van der Waals surface area contributed by atoms with Gasteiger partial charge in [-0.25, -0.2) is 0 Å². The van der Waals surface area contributed by atoms with Gasteiger partial charge in [0.2, 0.25) is 5.91 Å². The summed E-state index contributed by atoms with van der Waals surface area (Å²) >= 11 is 11.9. The average molecular weight is 486 g/mol. The lowest BCUT2D eigenvalue weighted by atomic mass is 10.1. The molecule has 1 aromatic heterocycles. The first-order valence-electron chi connectivity index (χ1n) is 11.2. The fraction of sp³-hybridized carbons (Fsp3) is 0.375. The molecule has 33 heavy (non-hydrogen) atoms. The van der Waals surface area contributed by atoms with Gasteiger partial charge in [-0.05, 0) is 81.0 Å². The minimum atomic E-state index is -0.129. The number of nitrogens with one attached hydrogen (secondary N) is 2. The maximum atomic E-state index is 12.9. The van der Waals surface area contributed by atoms with E-state index in [9.17, 15) is 4.79 Å². The normalized spacial score (nSPS) is 14.8. The van der Waals surface area contributed by atoms with E-state index in [-0.39, 0.29) is 18.5 Å². The van der Waals surface area contributed by atoms with Gasteiger partial charge in [0.05, 0.1) is 12.6 Å². The Balaban J connectivity index is 1.47. The molecule has 0 aliphatic carbocycles. The first-order valence-corrected chi connectivity index (χ1v) is 12.0. The smallest absolute Gasteiger partial charge is 0.240 e. The van der Waals surface area contributed by atoms with Crippen LogP contribution >= 0.6 is 23.8 Å². The van der Waals surface area contributed by atoms with Gasteiger partial charge in [0.25, 0.3) is 0 Å². The first kappa shape index (κ1) is 23.5. The van der Waals surface area contributed by atoms with Crippen LogP contribution < -0.4 is 10.1 Å². The third-order valence-corrected chi connectivity index (χ3v) is 6.48. The molecule has 0 saturated carbocycles. The fourth-order valence-electron chi connectivity index (χ4n) is 4.20. The van der Waals surface area contributed by atoms with Gasteiger partial charge < -0.3 is 10.1 Å². The first-order chi connectivity index (χ1) is 16.1. The predicted molar refractivity (Wildman–Crippen MR) is 132 cm³/mol. The second-order valence-electron chi connectivity index (χ2n) is 7.98. The minimum Gasteiger partial charge on any atom is -0.494 e. The number of hydrogen-bond acceptors (Lipinski definition) is 5. The summed E-state index contributed by atoms with van der Waals surface area (Å²) in [6.45, 7) is 5.10. The van der Waals surface area contributed by atoms with Gasteiger partial charge in [-0.2, -0.15) is 5.10 Å². The average Bonchev–Trinajstić information content (AvgIpc) is 3.47. The van der Waals surface area contributed by atoms with E-state index in [1.807, 2.05) is 55.5 Å². The number of H-pyrrole nitrogens is 1. The van der Waals surface area contributed by atoms with Crippen LogP contribution in [0, 0.1) is 4.77 Å². The topological polar surface area (TPSA) is 75.2 Å². The molecule has 2 aromatic carbocycles. The molecule has 1 atom stereocenters. The molecule has 1 aliphatic heterocycles. The Morgan fingerprint density at radius 1 is 1.21 bits per heavy atom. The number of carbonyl (C=O) groups excluding carboxylic acids is 1. The highest BCUT2D eigenvalue weighted by molar-refractivity contribution is 7.71. The highest BCUT2D eigenvalue weighted by atomic mass is 35.5. The standard InChI is InChI=1S/C24H28ClN5O2S/c1-2-32-18-11-9-17(10-12-18)23-27-28-24(33)30(23)16-22(31)26-15-21(29-13-5-6-14-29)19-7-3-4-8-20(19)25/h3-4,7-12,21H,2,5-6,13-16H2,1H3,(H,26,31)(H,28,33). The summed E-state index contributed by atoms with van der Waals surface area (Å²) in [4.78, 5) is 15.3. The highest BCUT2D eigenvalue weighted by Gasteiger charge is 2.25. The molecule has 2 heterocycles. The largest absolute Gasteiger partial charge is 0.494 e. The number of nitrogens with zero attached hydrogens (tertiary/aromatic N) is 3. The second kappa shape index (κ2) is 11.0. The summed E-state index contributed by atoms with van der Waals surface area (Å²) in [7, 11) is 0. The summed E-state index contributed by atoms with van der Waals surface area (Å²) in [5, 5.41) is 10.9. The maximum absolute atomic E-state index is 12.9. The van der Waals surface area contributed by atoms with Crippen molar-refractivity contribution in [1.82, 2.24) is 25.0 Å². The molecule has 1 amide bonds. The molecule has 1 fully saturated rings. The molecule has 1 unspecified atom stereocenters. The van der Waals surface area contributed by atoms with Crippen LogP contribution in [0.2, 0.25) is 5.02 Å². The third-order valence-electron chi connectivity index (χ3n) is 5.82. The van der Waals surface area contributed by atoms with Crippen molar-refractivity contribution < 1.29 is 9.53 Å². The van der Waals surface area contributed by atoms with Crippen molar-refractivity contribution in [2.45, 2.75) is 32.4 Å². The lowest BCUT2D eigenvalue weighted by Crippen LogP contribution is -2.38. The Bertz CT molecular complexity index is 1140. The number of aromatic nitrogens is 3. The summed E-state index contributed by atoms with van der Waals surface area (Å²) < 4.78 is 7.61. The zero-order valence-corrected chi connectivity index (χ0v) is 20.2. The third kappa shape index (κ3) is 5.63. The molecule has 2 N–H and O–H groups in total. The van der Waals surface area contributed by atoms with Crippen LogP contribution in [0.4, 0.5) is 0 Å². The van der Waals surface area contributed by atoms with Gasteiger partial charge in [0.15, 0.2) is 10.6 Å². The van der Waals surface area contributed by atoms with Gasteiger partial charge in [-0.15, -0.1) is 0 Å². The SMILES string of the molecule is CCOc1ccc(-c2n[nH]c(=S)n2CC(=O)NCC(c2ccccc2Cl)N2CCCC2)cc1. The number of halogens is 1. The molecule has 7 nitrogen and oxygen atoms in total. The summed E-state index contributed by atoms with van der Waals surface area (Å²) in [5.41, 5.74) is 1.89. The van der Waals surface area contributed by atoms with E-state index in [1.54, 1.807) is 4.57 Å². The van der Waals surface area contributed by atoms with Crippen molar-refractivity contribution >= 4 is 29.7 Å². The fourth-order valence-corrected chi connectivity index (χ4v) is 4.65. The lowest BCUT2D eigenvalue weighted by Gasteiger charge is -2.29. The van der Waals surface area contributed by atoms with Crippen LogP contribution in [0.5, 0.6) is 5.75 Å². The van der Waals surface area contributed by atoms with E-state index < -0.39 is 0 Å². The van der Waals surface area contributed by atoms with Gasteiger partial charge in [0, 0.05) is 17.1 Å². The van der Waals surface area contributed by atoms with Crippen LogP contribution in [0.3, 0.4) is 0 Å². The Hall–Kier alpha value is -2.68. The monoisotopic (exact) mass is 485 g/mol. The van der Waals surface area contributed by atoms with E-state index >= 15 is 0 Å². The Kier molecular flexibility index (Phi) is 7.80. The Morgan fingerprint density at radius 2 is 1.94 bits per heavy atom. The highest BCUT2D eigenvalue weighted by Crippen LogP contribution is 2.29. The molecule has 174 valence electrons. The maximum Gasteiger partial charge on any atom is 0.240 e. The number of likely N-dealkylation sites (tertiary alicyclic amines) is 1. The van der Waals surface area contributed by atoms with E-state index in [4.69, 9.17) is 28.6 Å². The number of aromatic amines is 1. The van der Waals surface area contributed by atoms with Gasteiger partial charge >= 0.3 is 0 Å². The Labute approximate surface area is 203 Å². The summed E-state index contributed by atoms with van der Waals surface area (Å²) in [6, 6.07) is 15.5. The molecule has 3 aromatic rings. The Morgan fingerprint density at radius 3 is 2.64 bits per heavy atom. The molecule has 0 bridgehead atoms. The molecular formula is C24H28ClN5O2S. The van der Waals surface area contributed by atoms with E-state index in [0.717, 1.165) is 47.8 Å². The van der Waals surface area contributed by atoms with Crippen molar-refractivity contribution in [3.63, 3.8) is 0 Å². The number of hydrogen-bond donors (Lipinski definition) is 2. The van der Waals surface area contributed by atoms with Crippen molar-refractivity contribution in [2.75, 3.05) is 26.2 Å². The van der Waals surface area contributed by atoms with Crippen LogP contribution in [0.25, 0.3) is 11.4 Å². The number of benzene rings is 2. The molecule has 1 aliphatic rings. The molecular weight excluding hydrogens is 458 g/mol. The number of carbonyl (C=O) groups is 1. The zero-order chi connectivity index (χ0) is 23.2. The molecule has 1 saturated heterocycles. The van der Waals surface area contributed by atoms with E-state index in [2.05, 4.69) is 20.4 Å². The van der Waals surface area contributed by atoms with Crippen LogP contribution in [0.15, 0.2) is 48.5 Å². The zero-order valence-electron chi connectivity index (χ0n) is 18.6. The van der Waals surface area contributed by atoms with Crippen LogP contribution in [0.1, 0.15) is 31.4 Å². The van der Waals surface area contributed by atoms with E-state index in [0.29, 0.717) is 23.7 Å². The molecule has 4 rings (SSSR count). The summed E-state index contributed by atoms with van der Waals surface area (Å²) in [6.07, 6.45) is 2.31. The van der Waals surface area contributed by atoms with Gasteiger partial charge in [0.1, 0.15) is 12.3 Å². The quantitative estimate of drug-likeness (QED) is 0.433. The molecule has 0 radical (unpaired) electrons. The van der Waals surface area contributed by atoms with Crippen LogP contribution in [-0.2, 0) is 11.3 Å².